The number of benzene rings is 1. The summed E-state index contributed by atoms with van der Waals surface area (Å²) in [5, 5.41) is 2.90. The van der Waals surface area contributed by atoms with Gasteiger partial charge in [-0.1, -0.05) is 0 Å². The van der Waals surface area contributed by atoms with Gasteiger partial charge in [0.25, 0.3) is 0 Å². The zero-order chi connectivity index (χ0) is 14.8. The first-order valence-corrected chi connectivity index (χ1v) is 7.23. The Labute approximate surface area is 124 Å². The van der Waals surface area contributed by atoms with Gasteiger partial charge in [-0.15, -0.1) is 0 Å². The van der Waals surface area contributed by atoms with Crippen molar-refractivity contribution in [1.82, 2.24) is 4.90 Å². The molecule has 21 heavy (non-hydrogen) atoms. The molecule has 2 aliphatic rings. The third kappa shape index (κ3) is 3.21. The summed E-state index contributed by atoms with van der Waals surface area (Å²) in [7, 11) is 0. The first kappa shape index (κ1) is 14.0. The van der Waals surface area contributed by atoms with E-state index >= 15 is 0 Å². The molecule has 2 aliphatic heterocycles. The van der Waals surface area contributed by atoms with Crippen molar-refractivity contribution in [2.75, 3.05) is 31.6 Å². The van der Waals surface area contributed by atoms with Crippen LogP contribution in [0.2, 0.25) is 0 Å². The van der Waals surface area contributed by atoms with E-state index in [-0.39, 0.29) is 18.2 Å². The largest absolute Gasteiger partial charge is 0.486 e. The number of amides is 2. The van der Waals surface area contributed by atoms with E-state index in [1.54, 1.807) is 11.0 Å². The molecule has 1 N–H and O–H groups in total. The normalized spacial score (nSPS) is 24.6. The third-order valence-electron chi connectivity index (χ3n) is 3.50. The molecular weight excluding hydrogens is 272 g/mol. The molecule has 1 aromatic rings. The standard InChI is InChI=1S/C15H20N2O4/c1-10-8-17(9-11(2)21-10)15(18)16-12-3-4-13-14(7-12)20-6-5-19-13/h3-4,7,10-11H,5-6,8-9H2,1-2H3,(H,16,18)/t10-,11+. The quantitative estimate of drug-likeness (QED) is 0.861. The maximum atomic E-state index is 12.3. The fourth-order valence-corrected chi connectivity index (χ4v) is 2.67. The summed E-state index contributed by atoms with van der Waals surface area (Å²) in [5.74, 6) is 1.38. The van der Waals surface area contributed by atoms with Crippen LogP contribution in [0.5, 0.6) is 11.5 Å². The predicted octanol–water partition coefficient (Wildman–Crippen LogP) is 2.10. The van der Waals surface area contributed by atoms with Gasteiger partial charge in [0.1, 0.15) is 13.2 Å². The lowest BCUT2D eigenvalue weighted by atomic mass is 10.2. The second-order valence-electron chi connectivity index (χ2n) is 5.45. The Morgan fingerprint density at radius 3 is 2.52 bits per heavy atom. The zero-order valence-electron chi connectivity index (χ0n) is 12.3. The van der Waals surface area contributed by atoms with E-state index in [0.29, 0.717) is 43.5 Å². The molecule has 0 spiro atoms. The molecule has 0 aromatic heterocycles. The monoisotopic (exact) mass is 292 g/mol. The first-order valence-electron chi connectivity index (χ1n) is 7.23. The first-order chi connectivity index (χ1) is 10.1. The Morgan fingerprint density at radius 1 is 1.14 bits per heavy atom. The molecule has 0 radical (unpaired) electrons. The Kier molecular flexibility index (Phi) is 3.88. The predicted molar refractivity (Wildman–Crippen MR) is 78.0 cm³/mol. The SMILES string of the molecule is C[C@@H]1CN(C(=O)Nc2ccc3c(c2)OCCO3)C[C@H](C)O1. The number of hydrogen-bond acceptors (Lipinski definition) is 4. The summed E-state index contributed by atoms with van der Waals surface area (Å²) in [5.41, 5.74) is 0.705. The van der Waals surface area contributed by atoms with Crippen LogP contribution in [-0.2, 0) is 4.74 Å². The second kappa shape index (κ2) is 5.81. The minimum absolute atomic E-state index is 0.0553. The minimum Gasteiger partial charge on any atom is -0.486 e. The van der Waals surface area contributed by atoms with Gasteiger partial charge in [-0.3, -0.25) is 0 Å². The number of rotatable bonds is 1. The average Bonchev–Trinajstić information content (AvgIpc) is 2.46. The molecule has 0 bridgehead atoms. The van der Waals surface area contributed by atoms with Gasteiger partial charge in [-0.25, -0.2) is 4.79 Å². The van der Waals surface area contributed by atoms with E-state index in [4.69, 9.17) is 14.2 Å². The number of nitrogens with one attached hydrogen (secondary N) is 1. The summed E-state index contributed by atoms with van der Waals surface area (Å²) in [6.45, 7) is 6.23. The van der Waals surface area contributed by atoms with Crippen LogP contribution in [0.25, 0.3) is 0 Å². The number of morpholine rings is 1. The lowest BCUT2D eigenvalue weighted by Crippen LogP contribution is -2.49. The van der Waals surface area contributed by atoms with Crippen molar-refractivity contribution < 1.29 is 19.0 Å². The lowest BCUT2D eigenvalue weighted by molar-refractivity contribution is -0.0530. The van der Waals surface area contributed by atoms with Crippen LogP contribution < -0.4 is 14.8 Å². The van der Waals surface area contributed by atoms with Gasteiger partial charge in [-0.05, 0) is 26.0 Å². The van der Waals surface area contributed by atoms with Gasteiger partial charge in [0, 0.05) is 24.8 Å². The molecule has 6 heteroatoms. The molecule has 114 valence electrons. The number of urea groups is 1. The van der Waals surface area contributed by atoms with E-state index in [0.717, 1.165) is 0 Å². The molecule has 2 atom stereocenters. The van der Waals surface area contributed by atoms with Crippen molar-refractivity contribution >= 4 is 11.7 Å². The van der Waals surface area contributed by atoms with E-state index in [1.165, 1.54) is 0 Å². The summed E-state index contributed by atoms with van der Waals surface area (Å²) >= 11 is 0. The molecule has 1 aromatic carbocycles. The van der Waals surface area contributed by atoms with Gasteiger partial charge in [0.05, 0.1) is 12.2 Å². The van der Waals surface area contributed by atoms with Crippen LogP contribution in [-0.4, -0.2) is 49.4 Å². The maximum absolute atomic E-state index is 12.3. The van der Waals surface area contributed by atoms with E-state index in [1.807, 2.05) is 26.0 Å². The molecule has 3 rings (SSSR count). The molecule has 2 amide bonds. The molecule has 6 nitrogen and oxygen atoms in total. The smallest absolute Gasteiger partial charge is 0.322 e. The van der Waals surface area contributed by atoms with Gasteiger partial charge in [0.2, 0.25) is 0 Å². The highest BCUT2D eigenvalue weighted by molar-refractivity contribution is 5.89. The topological polar surface area (TPSA) is 60.0 Å². The fourth-order valence-electron chi connectivity index (χ4n) is 2.67. The van der Waals surface area contributed by atoms with Crippen molar-refractivity contribution in [1.29, 1.82) is 0 Å². The molecule has 2 heterocycles. The zero-order valence-corrected chi connectivity index (χ0v) is 12.3. The summed E-state index contributed by atoms with van der Waals surface area (Å²) in [6.07, 6.45) is 0.111. The van der Waals surface area contributed by atoms with Crippen molar-refractivity contribution in [3.05, 3.63) is 18.2 Å². The molecule has 1 saturated heterocycles. The third-order valence-corrected chi connectivity index (χ3v) is 3.50. The number of carbonyl (C=O) groups excluding carboxylic acids is 1. The van der Waals surface area contributed by atoms with E-state index < -0.39 is 0 Å². The maximum Gasteiger partial charge on any atom is 0.322 e. The summed E-state index contributed by atoms with van der Waals surface area (Å²) in [4.78, 5) is 14.1. The number of hydrogen-bond donors (Lipinski definition) is 1. The fraction of sp³-hybridized carbons (Fsp3) is 0.533. The highest BCUT2D eigenvalue weighted by Gasteiger charge is 2.26. The van der Waals surface area contributed by atoms with Crippen LogP contribution in [0.1, 0.15) is 13.8 Å². The van der Waals surface area contributed by atoms with Gasteiger partial charge < -0.3 is 24.4 Å². The van der Waals surface area contributed by atoms with Gasteiger partial charge in [-0.2, -0.15) is 0 Å². The number of carbonyl (C=O) groups is 1. The number of ether oxygens (including phenoxy) is 3. The molecular formula is C15H20N2O4. The van der Waals surface area contributed by atoms with Crippen LogP contribution in [0.3, 0.4) is 0 Å². The highest BCUT2D eigenvalue weighted by Crippen LogP contribution is 2.32. The van der Waals surface area contributed by atoms with Crippen molar-refractivity contribution in [2.45, 2.75) is 26.1 Å². The van der Waals surface area contributed by atoms with E-state index in [9.17, 15) is 4.79 Å². The van der Waals surface area contributed by atoms with Crippen molar-refractivity contribution in [3.8, 4) is 11.5 Å². The van der Waals surface area contributed by atoms with Crippen LogP contribution >= 0.6 is 0 Å². The highest BCUT2D eigenvalue weighted by atomic mass is 16.6. The van der Waals surface area contributed by atoms with Crippen molar-refractivity contribution in [2.24, 2.45) is 0 Å². The summed E-state index contributed by atoms with van der Waals surface area (Å²) in [6, 6.07) is 5.31. The number of nitrogens with zero attached hydrogens (tertiary/aromatic N) is 1. The Morgan fingerprint density at radius 2 is 1.81 bits per heavy atom. The minimum atomic E-state index is -0.117. The van der Waals surface area contributed by atoms with Gasteiger partial charge >= 0.3 is 6.03 Å². The van der Waals surface area contributed by atoms with E-state index in [2.05, 4.69) is 5.32 Å². The van der Waals surface area contributed by atoms with Crippen LogP contribution in [0.4, 0.5) is 10.5 Å². The molecule has 0 aliphatic carbocycles. The number of fused-ring (bicyclic) bond motifs is 1. The average molecular weight is 292 g/mol. The molecule has 0 saturated carbocycles. The second-order valence-corrected chi connectivity index (χ2v) is 5.45. The van der Waals surface area contributed by atoms with Gasteiger partial charge in [0.15, 0.2) is 11.5 Å². The number of anilines is 1. The Hall–Kier alpha value is -1.95. The Balaban J connectivity index is 1.67. The van der Waals surface area contributed by atoms with Crippen molar-refractivity contribution in [3.63, 3.8) is 0 Å². The van der Waals surface area contributed by atoms with Crippen LogP contribution in [0.15, 0.2) is 18.2 Å². The lowest BCUT2D eigenvalue weighted by Gasteiger charge is -2.35. The summed E-state index contributed by atoms with van der Waals surface area (Å²) < 4.78 is 16.6. The van der Waals surface area contributed by atoms with Crippen LogP contribution in [0, 0.1) is 0 Å². The Bertz CT molecular complexity index is 524. The molecule has 0 unspecified atom stereocenters. The molecule has 1 fully saturated rings.